The molecule has 1 amide bonds. The highest BCUT2D eigenvalue weighted by molar-refractivity contribution is 6.02. The van der Waals surface area contributed by atoms with Crippen LogP contribution in [-0.2, 0) is 0 Å². The normalized spacial score (nSPS) is 10.2. The van der Waals surface area contributed by atoms with Crippen molar-refractivity contribution in [1.82, 2.24) is 10.2 Å². The number of carbonyl (C=O) groups excluding carboxylic acids is 1. The van der Waals surface area contributed by atoms with Gasteiger partial charge in [0.25, 0.3) is 11.5 Å². The van der Waals surface area contributed by atoms with Gasteiger partial charge in [0.05, 0.1) is 0 Å². The molecule has 0 spiro atoms. The fourth-order valence-corrected chi connectivity index (χ4v) is 2.01. The highest BCUT2D eigenvalue weighted by Crippen LogP contribution is 2.17. The number of hydrogen-bond acceptors (Lipinski definition) is 4. The lowest BCUT2D eigenvalue weighted by Gasteiger charge is -2.21. The van der Waals surface area contributed by atoms with Crippen LogP contribution in [0.1, 0.15) is 24.3 Å². The minimum absolute atomic E-state index is 0.169. The maximum absolute atomic E-state index is 12.0. The molecule has 2 rings (SSSR count). The van der Waals surface area contributed by atoms with Gasteiger partial charge in [-0.3, -0.25) is 9.59 Å². The first-order valence-electron chi connectivity index (χ1n) is 6.86. The minimum Gasteiger partial charge on any atom is -0.372 e. The maximum atomic E-state index is 12.0. The Morgan fingerprint density at radius 1 is 1.14 bits per heavy atom. The molecule has 1 heterocycles. The van der Waals surface area contributed by atoms with Crippen LogP contribution in [-0.4, -0.2) is 29.2 Å². The minimum atomic E-state index is -0.359. The number of benzene rings is 1. The molecule has 0 saturated heterocycles. The number of amides is 1. The largest absolute Gasteiger partial charge is 0.372 e. The summed E-state index contributed by atoms with van der Waals surface area (Å²) in [6.07, 6.45) is 0. The van der Waals surface area contributed by atoms with Gasteiger partial charge in [-0.05, 0) is 44.2 Å². The number of anilines is 2. The van der Waals surface area contributed by atoms with Crippen LogP contribution in [0.25, 0.3) is 0 Å². The summed E-state index contributed by atoms with van der Waals surface area (Å²) in [5.74, 6) is -0.359. The molecule has 0 unspecified atom stereocenters. The van der Waals surface area contributed by atoms with Crippen molar-refractivity contribution in [1.29, 1.82) is 0 Å². The van der Waals surface area contributed by atoms with Gasteiger partial charge in [-0.25, -0.2) is 5.10 Å². The van der Waals surface area contributed by atoms with Crippen LogP contribution in [0.5, 0.6) is 0 Å². The Morgan fingerprint density at radius 3 is 2.33 bits per heavy atom. The Kier molecular flexibility index (Phi) is 4.71. The van der Waals surface area contributed by atoms with Crippen LogP contribution in [0.2, 0.25) is 0 Å². The second-order valence-corrected chi connectivity index (χ2v) is 4.48. The van der Waals surface area contributed by atoms with Crippen molar-refractivity contribution in [2.45, 2.75) is 13.8 Å². The molecular formula is C15H18N4O2. The molecule has 0 saturated carbocycles. The topological polar surface area (TPSA) is 78.1 Å². The van der Waals surface area contributed by atoms with Gasteiger partial charge < -0.3 is 10.2 Å². The Hall–Kier alpha value is -2.63. The number of aromatic amines is 1. The van der Waals surface area contributed by atoms with Gasteiger partial charge >= 0.3 is 0 Å². The SMILES string of the molecule is CCN(CC)c1ccc(NC(=O)c2ccc(=O)[nH]n2)cc1. The molecule has 0 aliphatic carbocycles. The summed E-state index contributed by atoms with van der Waals surface area (Å²) in [7, 11) is 0. The fraction of sp³-hybridized carbons (Fsp3) is 0.267. The van der Waals surface area contributed by atoms with Crippen LogP contribution in [0, 0.1) is 0 Å². The molecule has 0 fully saturated rings. The average molecular weight is 286 g/mol. The molecule has 0 aliphatic rings. The first-order valence-corrected chi connectivity index (χ1v) is 6.86. The van der Waals surface area contributed by atoms with Gasteiger partial charge in [0, 0.05) is 30.5 Å². The van der Waals surface area contributed by atoms with Gasteiger partial charge in [0.2, 0.25) is 0 Å². The molecule has 0 radical (unpaired) electrons. The molecule has 6 heteroatoms. The van der Waals surface area contributed by atoms with E-state index in [1.165, 1.54) is 12.1 Å². The number of H-pyrrole nitrogens is 1. The maximum Gasteiger partial charge on any atom is 0.276 e. The first-order chi connectivity index (χ1) is 10.1. The molecule has 0 bridgehead atoms. The Morgan fingerprint density at radius 2 is 1.81 bits per heavy atom. The molecule has 0 aliphatic heterocycles. The second kappa shape index (κ2) is 6.69. The van der Waals surface area contributed by atoms with E-state index in [0.29, 0.717) is 5.69 Å². The molecule has 2 aromatic rings. The van der Waals surface area contributed by atoms with Crippen molar-refractivity contribution >= 4 is 17.3 Å². The molecule has 1 aromatic heterocycles. The predicted molar refractivity (Wildman–Crippen MR) is 82.8 cm³/mol. The van der Waals surface area contributed by atoms with Crippen molar-refractivity contribution in [3.63, 3.8) is 0 Å². The fourth-order valence-electron chi connectivity index (χ4n) is 2.01. The quantitative estimate of drug-likeness (QED) is 0.879. The van der Waals surface area contributed by atoms with E-state index in [4.69, 9.17) is 0 Å². The van der Waals surface area contributed by atoms with E-state index >= 15 is 0 Å². The number of rotatable bonds is 5. The lowest BCUT2D eigenvalue weighted by molar-refractivity contribution is 0.102. The van der Waals surface area contributed by atoms with Crippen LogP contribution in [0.4, 0.5) is 11.4 Å². The average Bonchev–Trinajstić information content (AvgIpc) is 2.51. The number of nitrogens with zero attached hydrogens (tertiary/aromatic N) is 2. The zero-order valence-corrected chi connectivity index (χ0v) is 12.1. The van der Waals surface area contributed by atoms with Gasteiger partial charge in [0.1, 0.15) is 5.69 Å². The smallest absolute Gasteiger partial charge is 0.276 e. The summed E-state index contributed by atoms with van der Waals surface area (Å²) in [6.45, 7) is 6.06. The van der Waals surface area contributed by atoms with E-state index in [-0.39, 0.29) is 17.2 Å². The van der Waals surface area contributed by atoms with E-state index in [9.17, 15) is 9.59 Å². The van der Waals surface area contributed by atoms with E-state index in [2.05, 4.69) is 34.3 Å². The highest BCUT2D eigenvalue weighted by Gasteiger charge is 2.08. The van der Waals surface area contributed by atoms with Gasteiger partial charge in [-0.1, -0.05) is 0 Å². The molecular weight excluding hydrogens is 268 g/mol. The lowest BCUT2D eigenvalue weighted by Crippen LogP contribution is -2.21. The van der Waals surface area contributed by atoms with Crippen LogP contribution in [0.3, 0.4) is 0 Å². The van der Waals surface area contributed by atoms with Crippen molar-refractivity contribution in [2.75, 3.05) is 23.3 Å². The van der Waals surface area contributed by atoms with Gasteiger partial charge in [-0.2, -0.15) is 5.10 Å². The third-order valence-corrected chi connectivity index (χ3v) is 3.17. The summed E-state index contributed by atoms with van der Waals surface area (Å²) >= 11 is 0. The summed E-state index contributed by atoms with van der Waals surface area (Å²) < 4.78 is 0. The van der Waals surface area contributed by atoms with Gasteiger partial charge in [0.15, 0.2) is 0 Å². The van der Waals surface area contributed by atoms with Crippen LogP contribution in [0.15, 0.2) is 41.2 Å². The Bertz CT molecular complexity index is 640. The van der Waals surface area contributed by atoms with Crippen molar-refractivity contribution in [2.24, 2.45) is 0 Å². The third-order valence-electron chi connectivity index (χ3n) is 3.17. The number of hydrogen-bond donors (Lipinski definition) is 2. The number of carbonyl (C=O) groups is 1. The van der Waals surface area contributed by atoms with Crippen molar-refractivity contribution in [3.05, 3.63) is 52.4 Å². The number of aromatic nitrogens is 2. The predicted octanol–water partition coefficient (Wildman–Crippen LogP) is 1.87. The molecule has 1 aromatic carbocycles. The van der Waals surface area contributed by atoms with Crippen LogP contribution >= 0.6 is 0 Å². The van der Waals surface area contributed by atoms with E-state index in [0.717, 1.165) is 18.8 Å². The van der Waals surface area contributed by atoms with Crippen LogP contribution < -0.4 is 15.8 Å². The van der Waals surface area contributed by atoms with E-state index in [1.807, 2.05) is 24.3 Å². The lowest BCUT2D eigenvalue weighted by atomic mass is 10.2. The van der Waals surface area contributed by atoms with E-state index < -0.39 is 0 Å². The Balaban J connectivity index is 2.08. The van der Waals surface area contributed by atoms with E-state index in [1.54, 1.807) is 0 Å². The van der Waals surface area contributed by atoms with Gasteiger partial charge in [-0.15, -0.1) is 0 Å². The monoisotopic (exact) mass is 286 g/mol. The zero-order valence-electron chi connectivity index (χ0n) is 12.1. The molecule has 2 N–H and O–H groups in total. The highest BCUT2D eigenvalue weighted by atomic mass is 16.2. The Labute approximate surface area is 122 Å². The summed E-state index contributed by atoms with van der Waals surface area (Å²) in [4.78, 5) is 25.1. The second-order valence-electron chi connectivity index (χ2n) is 4.48. The molecule has 21 heavy (non-hydrogen) atoms. The molecule has 110 valence electrons. The summed E-state index contributed by atoms with van der Waals surface area (Å²) in [5, 5.41) is 8.66. The van der Waals surface area contributed by atoms with Crippen molar-refractivity contribution < 1.29 is 4.79 Å². The number of nitrogens with one attached hydrogen (secondary N) is 2. The standard InChI is InChI=1S/C15H18N4O2/c1-3-19(4-2)12-7-5-11(6-8-12)16-15(21)13-9-10-14(20)18-17-13/h5-10H,3-4H2,1-2H3,(H,16,21)(H,18,20). The van der Waals surface area contributed by atoms with Crippen molar-refractivity contribution in [3.8, 4) is 0 Å². The summed E-state index contributed by atoms with van der Waals surface area (Å²) in [6, 6.07) is 10.3. The molecule has 0 atom stereocenters. The first kappa shape index (κ1) is 14.8. The summed E-state index contributed by atoms with van der Waals surface area (Å²) in [5.41, 5.74) is 1.63. The molecule has 6 nitrogen and oxygen atoms in total. The third kappa shape index (κ3) is 3.68. The zero-order chi connectivity index (χ0) is 15.2.